The van der Waals surface area contributed by atoms with Crippen LogP contribution in [0.4, 0.5) is 5.69 Å². The Morgan fingerprint density at radius 3 is 2.64 bits per heavy atom. The zero-order valence-corrected chi connectivity index (χ0v) is 23.4. The van der Waals surface area contributed by atoms with Crippen LogP contribution in [0.1, 0.15) is 63.2 Å². The molecule has 3 saturated heterocycles. The number of likely N-dealkylation sites (tertiary alicyclic amines) is 2. The molecule has 2 unspecified atom stereocenters. The van der Waals surface area contributed by atoms with Gasteiger partial charge in [0.2, 0.25) is 0 Å². The summed E-state index contributed by atoms with van der Waals surface area (Å²) in [7, 11) is 0. The smallest absolute Gasteiger partial charge is 0.314 e. The molecule has 4 heterocycles. The maximum absolute atomic E-state index is 13.8. The molecule has 39 heavy (non-hydrogen) atoms. The van der Waals surface area contributed by atoms with E-state index in [9.17, 15) is 14.7 Å². The first-order valence-corrected chi connectivity index (χ1v) is 14.3. The Morgan fingerprint density at radius 1 is 1.23 bits per heavy atom. The maximum atomic E-state index is 13.8. The van der Waals surface area contributed by atoms with Crippen LogP contribution in [-0.4, -0.2) is 82.5 Å². The lowest BCUT2D eigenvalue weighted by Gasteiger charge is -2.45. The molecule has 0 saturated carbocycles. The van der Waals surface area contributed by atoms with Crippen molar-refractivity contribution in [2.75, 3.05) is 38.0 Å². The number of ether oxygens (including phenoxy) is 1. The fourth-order valence-electron chi connectivity index (χ4n) is 6.63. The number of nitrogens with one attached hydrogen (secondary N) is 1. The van der Waals surface area contributed by atoms with Crippen molar-refractivity contribution in [2.24, 2.45) is 5.41 Å². The Labute approximate surface area is 230 Å². The number of cyclic esters (lactones) is 1. The average molecular weight is 537 g/mol. The quantitative estimate of drug-likeness (QED) is 0.368. The number of rotatable bonds is 7. The number of carbonyl (C=O) groups excluding carboxylic acids is 2. The van der Waals surface area contributed by atoms with E-state index < -0.39 is 17.4 Å². The molecule has 1 aromatic heterocycles. The van der Waals surface area contributed by atoms with Crippen LogP contribution in [0.3, 0.4) is 0 Å². The number of esters is 1. The number of nitrogens with two attached hydrogens (primary N) is 1. The number of carbonyl (C=O) groups is 2. The monoisotopic (exact) mass is 536 g/mol. The number of nitrogens with zero attached hydrogens (tertiary/aromatic N) is 3. The van der Waals surface area contributed by atoms with Crippen LogP contribution in [0, 0.1) is 5.41 Å². The number of anilines is 1. The molecule has 3 fully saturated rings. The van der Waals surface area contributed by atoms with E-state index in [1.807, 2.05) is 62.1 Å². The minimum atomic E-state index is -0.865. The minimum Gasteiger partial charge on any atom is -0.459 e. The van der Waals surface area contributed by atoms with Crippen LogP contribution < -0.4 is 10.6 Å². The van der Waals surface area contributed by atoms with Crippen molar-refractivity contribution >= 4 is 17.6 Å². The summed E-state index contributed by atoms with van der Waals surface area (Å²) in [5.41, 5.74) is 1.91. The molecule has 2 aromatic rings. The number of amides is 1. The van der Waals surface area contributed by atoms with Gasteiger partial charge in [-0.15, -0.1) is 0 Å². The fraction of sp³-hybridized carbons (Fsp3) is 0.567. The van der Waals surface area contributed by atoms with Crippen molar-refractivity contribution < 1.29 is 24.7 Å². The summed E-state index contributed by atoms with van der Waals surface area (Å²) >= 11 is 0. The molecule has 210 valence electrons. The normalized spacial score (nSPS) is 24.5. The molecule has 9 nitrogen and oxygen atoms in total. The van der Waals surface area contributed by atoms with Gasteiger partial charge in [-0.25, -0.2) is 0 Å². The fourth-order valence-corrected chi connectivity index (χ4v) is 6.63. The van der Waals surface area contributed by atoms with Gasteiger partial charge in [0, 0.05) is 37.7 Å². The number of aromatic nitrogens is 1. The standard InChI is InChI=1S/C30H41N5O4/c1-4-31-28(38)33-25-18-32-24(21-9-6-5-7-10-21)17-23(25)26(36)34-15-11-22(12-16-34)35-14-8-13-30(20-35)19-29(2,3)39-27(30)37/h5-7,9-10,17-18,22,28,31,33,38H,4,8,11-16,19-20H2,1-3H3/p+1. The molecule has 3 aliphatic rings. The van der Waals surface area contributed by atoms with E-state index in [4.69, 9.17) is 4.74 Å². The maximum Gasteiger partial charge on any atom is 0.314 e. The highest BCUT2D eigenvalue weighted by Gasteiger charge is 2.54. The van der Waals surface area contributed by atoms with E-state index in [2.05, 4.69) is 15.2 Å². The highest BCUT2D eigenvalue weighted by Crippen LogP contribution is 2.46. The van der Waals surface area contributed by atoms with E-state index in [0.717, 1.165) is 56.5 Å². The number of pyridine rings is 1. The highest BCUT2D eigenvalue weighted by molar-refractivity contribution is 6.00. The van der Waals surface area contributed by atoms with Crippen LogP contribution in [0.15, 0.2) is 42.6 Å². The second-order valence-electron chi connectivity index (χ2n) is 11.9. The predicted octanol–water partition coefficient (Wildman–Crippen LogP) is 2.43. The molecule has 1 aromatic carbocycles. The van der Waals surface area contributed by atoms with E-state index in [1.54, 1.807) is 11.5 Å². The van der Waals surface area contributed by atoms with Crippen LogP contribution in [-0.2, 0) is 9.53 Å². The van der Waals surface area contributed by atoms with E-state index in [-0.39, 0.29) is 11.9 Å². The third-order valence-corrected chi connectivity index (χ3v) is 8.41. The Morgan fingerprint density at radius 2 is 1.97 bits per heavy atom. The van der Waals surface area contributed by atoms with Gasteiger partial charge in [0.25, 0.3) is 12.3 Å². The summed E-state index contributed by atoms with van der Waals surface area (Å²) in [6.07, 6.45) is 5.18. The van der Waals surface area contributed by atoms with Crippen LogP contribution in [0.5, 0.6) is 0 Å². The number of hydrogen-bond donors (Lipinski definition) is 3. The number of aliphatic hydroxyl groups is 1. The molecule has 2 atom stereocenters. The molecular formula is C30H42N5O4+. The Bertz CT molecular complexity index is 1180. The molecule has 0 aliphatic carbocycles. The van der Waals surface area contributed by atoms with Gasteiger partial charge in [-0.3, -0.25) is 19.5 Å². The van der Waals surface area contributed by atoms with E-state index in [0.29, 0.717) is 36.9 Å². The van der Waals surface area contributed by atoms with Crippen molar-refractivity contribution in [3.05, 3.63) is 48.2 Å². The third-order valence-electron chi connectivity index (χ3n) is 8.41. The van der Waals surface area contributed by atoms with Gasteiger partial charge in [0.15, 0.2) is 0 Å². The van der Waals surface area contributed by atoms with Gasteiger partial charge in [0.1, 0.15) is 5.60 Å². The lowest BCUT2D eigenvalue weighted by molar-refractivity contribution is -0.714. The molecule has 1 spiro atoms. The van der Waals surface area contributed by atoms with Crippen LogP contribution >= 0.6 is 0 Å². The summed E-state index contributed by atoms with van der Waals surface area (Å²) in [5.74, 6) is -0.102. The van der Waals surface area contributed by atoms with Crippen molar-refractivity contribution in [1.29, 1.82) is 0 Å². The number of hydrogen-bond acceptors (Lipinski definition) is 7. The van der Waals surface area contributed by atoms with Gasteiger partial charge in [-0.05, 0) is 59.1 Å². The van der Waals surface area contributed by atoms with Crippen molar-refractivity contribution in [3.8, 4) is 11.3 Å². The van der Waals surface area contributed by atoms with Crippen molar-refractivity contribution in [3.63, 3.8) is 0 Å². The molecular weight excluding hydrogens is 494 g/mol. The minimum absolute atomic E-state index is 0.0424. The predicted molar refractivity (Wildman–Crippen MR) is 149 cm³/mol. The highest BCUT2D eigenvalue weighted by atomic mass is 16.6. The van der Waals surface area contributed by atoms with Crippen molar-refractivity contribution in [1.82, 2.24) is 14.8 Å². The summed E-state index contributed by atoms with van der Waals surface area (Å²) in [6, 6.07) is 12.0. The molecule has 5 rings (SSSR count). The average Bonchev–Trinajstić information content (AvgIpc) is 3.15. The zero-order valence-electron chi connectivity index (χ0n) is 23.4. The van der Waals surface area contributed by atoms with Crippen LogP contribution in [0.25, 0.3) is 11.3 Å². The van der Waals surface area contributed by atoms with E-state index >= 15 is 0 Å². The lowest BCUT2D eigenvalue weighted by atomic mass is 9.74. The van der Waals surface area contributed by atoms with Gasteiger partial charge < -0.3 is 25.4 Å². The topological polar surface area (TPSA) is 112 Å². The van der Waals surface area contributed by atoms with Gasteiger partial charge in [0.05, 0.1) is 35.1 Å². The molecule has 4 N–H and O–H groups in total. The van der Waals surface area contributed by atoms with Crippen LogP contribution in [0.2, 0.25) is 0 Å². The first kappa shape index (κ1) is 27.6. The lowest BCUT2D eigenvalue weighted by Crippen LogP contribution is -2.91. The Kier molecular flexibility index (Phi) is 7.94. The third kappa shape index (κ3) is 5.95. The Balaban J connectivity index is 1.29. The number of aliphatic hydroxyl groups excluding tert-OH is 1. The first-order valence-electron chi connectivity index (χ1n) is 14.3. The summed E-state index contributed by atoms with van der Waals surface area (Å²) in [5, 5.41) is 15.2. The summed E-state index contributed by atoms with van der Waals surface area (Å²) in [6.45, 7) is 9.70. The summed E-state index contributed by atoms with van der Waals surface area (Å²) in [4.78, 5) is 35.6. The first-order chi connectivity index (χ1) is 18.7. The largest absolute Gasteiger partial charge is 0.459 e. The molecule has 1 amide bonds. The SMILES string of the molecule is CC[NH2+]C(O)Nc1cnc(-c2ccccc2)cc1C(=O)N1CCC(N2CCCC3(C2)CC(C)(C)OC3=O)CC1. The molecule has 0 radical (unpaired) electrons. The number of piperidine rings is 2. The van der Waals surface area contributed by atoms with Gasteiger partial charge in [-0.1, -0.05) is 30.3 Å². The van der Waals surface area contributed by atoms with Gasteiger partial charge >= 0.3 is 5.97 Å². The molecule has 0 bridgehead atoms. The number of benzene rings is 1. The molecule has 9 heteroatoms. The Hall–Kier alpha value is -3.01. The van der Waals surface area contributed by atoms with Crippen molar-refractivity contribution in [2.45, 2.75) is 70.9 Å². The van der Waals surface area contributed by atoms with E-state index in [1.165, 1.54) is 0 Å². The second-order valence-corrected chi connectivity index (χ2v) is 11.9. The number of quaternary nitrogens is 1. The van der Waals surface area contributed by atoms with Gasteiger partial charge in [-0.2, -0.15) is 0 Å². The molecule has 3 aliphatic heterocycles. The second kappa shape index (κ2) is 11.2. The summed E-state index contributed by atoms with van der Waals surface area (Å²) < 4.78 is 5.72. The zero-order chi connectivity index (χ0) is 27.6.